The Morgan fingerprint density at radius 3 is 2.60 bits per heavy atom. The molecule has 0 radical (unpaired) electrons. The summed E-state index contributed by atoms with van der Waals surface area (Å²) in [5.74, 6) is -0.306. The van der Waals surface area contributed by atoms with Crippen LogP contribution in [0.1, 0.15) is 49.9 Å². The summed E-state index contributed by atoms with van der Waals surface area (Å²) in [6.07, 6.45) is 0.870. The maximum absolute atomic E-state index is 12.4. The number of hydrogen-bond acceptors (Lipinski definition) is 5. The number of aromatic nitrogens is 2. The van der Waals surface area contributed by atoms with E-state index in [0.717, 1.165) is 17.0 Å². The standard InChI is InChI=1S/C21H28N6O3/c1-12-10-20(30)25-21(22-12)27-14(3)18(13(2)26-27)8-9-19(29)24-17-7-5-6-16(11-17)23-15(4)28/h5-7,11-12,21-22H,8-10H2,1-4H3,(H,23,28)(H,24,29)(H,25,30). The summed E-state index contributed by atoms with van der Waals surface area (Å²) < 4.78 is 1.77. The number of carbonyl (C=O) groups is 3. The van der Waals surface area contributed by atoms with Gasteiger partial charge >= 0.3 is 0 Å². The van der Waals surface area contributed by atoms with Gasteiger partial charge in [0.1, 0.15) is 0 Å². The normalized spacial score (nSPS) is 18.6. The lowest BCUT2D eigenvalue weighted by atomic mass is 10.1. The predicted molar refractivity (Wildman–Crippen MR) is 114 cm³/mol. The van der Waals surface area contributed by atoms with E-state index in [9.17, 15) is 14.4 Å². The quantitative estimate of drug-likeness (QED) is 0.579. The molecule has 2 atom stereocenters. The first-order valence-corrected chi connectivity index (χ1v) is 10.0. The monoisotopic (exact) mass is 412 g/mol. The molecule has 9 heteroatoms. The van der Waals surface area contributed by atoms with E-state index in [1.165, 1.54) is 6.92 Å². The highest BCUT2D eigenvalue weighted by Gasteiger charge is 2.27. The molecule has 2 unspecified atom stereocenters. The Hall–Kier alpha value is -3.20. The number of rotatable bonds is 6. The Balaban J connectivity index is 1.63. The summed E-state index contributed by atoms with van der Waals surface area (Å²) in [6.45, 7) is 7.24. The number of hydrogen-bond donors (Lipinski definition) is 4. The van der Waals surface area contributed by atoms with E-state index in [1.807, 2.05) is 20.8 Å². The van der Waals surface area contributed by atoms with Crippen molar-refractivity contribution in [2.75, 3.05) is 10.6 Å². The van der Waals surface area contributed by atoms with Crippen molar-refractivity contribution in [1.82, 2.24) is 20.4 Å². The van der Waals surface area contributed by atoms with Crippen LogP contribution in [0, 0.1) is 13.8 Å². The predicted octanol–water partition coefficient (Wildman–Crippen LogP) is 1.98. The first-order chi connectivity index (χ1) is 14.2. The van der Waals surface area contributed by atoms with Crippen molar-refractivity contribution < 1.29 is 14.4 Å². The highest BCUT2D eigenvalue weighted by atomic mass is 16.2. The van der Waals surface area contributed by atoms with E-state index in [4.69, 9.17) is 0 Å². The molecule has 0 saturated carbocycles. The number of aryl methyl sites for hydroxylation is 1. The summed E-state index contributed by atoms with van der Waals surface area (Å²) in [5.41, 5.74) is 4.00. The first-order valence-electron chi connectivity index (χ1n) is 10.0. The Morgan fingerprint density at radius 1 is 1.23 bits per heavy atom. The summed E-state index contributed by atoms with van der Waals surface area (Å²) in [5, 5.41) is 16.3. The fourth-order valence-corrected chi connectivity index (χ4v) is 3.64. The van der Waals surface area contributed by atoms with Crippen LogP contribution in [0.25, 0.3) is 0 Å². The van der Waals surface area contributed by atoms with Crippen molar-refractivity contribution in [2.45, 2.75) is 59.3 Å². The van der Waals surface area contributed by atoms with E-state index < -0.39 is 0 Å². The molecule has 1 aliphatic rings. The smallest absolute Gasteiger partial charge is 0.224 e. The zero-order valence-electron chi connectivity index (χ0n) is 17.7. The van der Waals surface area contributed by atoms with Crippen LogP contribution in [0.5, 0.6) is 0 Å². The molecule has 9 nitrogen and oxygen atoms in total. The summed E-state index contributed by atoms with van der Waals surface area (Å²) in [7, 11) is 0. The second-order valence-corrected chi connectivity index (χ2v) is 7.65. The Kier molecular flexibility index (Phi) is 6.51. The van der Waals surface area contributed by atoms with Crippen molar-refractivity contribution in [3.05, 3.63) is 41.2 Å². The maximum Gasteiger partial charge on any atom is 0.224 e. The molecule has 160 valence electrons. The van der Waals surface area contributed by atoms with Gasteiger partial charge in [-0.2, -0.15) is 5.10 Å². The van der Waals surface area contributed by atoms with E-state index in [0.29, 0.717) is 30.6 Å². The number of carbonyl (C=O) groups excluding carboxylic acids is 3. The van der Waals surface area contributed by atoms with Gasteiger partial charge < -0.3 is 16.0 Å². The van der Waals surface area contributed by atoms with Crippen molar-refractivity contribution in [1.29, 1.82) is 0 Å². The van der Waals surface area contributed by atoms with Crippen LogP contribution >= 0.6 is 0 Å². The third kappa shape index (κ3) is 5.24. The zero-order chi connectivity index (χ0) is 21.8. The fraction of sp³-hybridized carbons (Fsp3) is 0.429. The van der Waals surface area contributed by atoms with Gasteiger partial charge in [0.2, 0.25) is 17.7 Å². The highest BCUT2D eigenvalue weighted by molar-refractivity contribution is 5.93. The number of anilines is 2. The average Bonchev–Trinajstić information content (AvgIpc) is 2.93. The van der Waals surface area contributed by atoms with Crippen molar-refractivity contribution >= 4 is 29.1 Å². The Labute approximate surface area is 175 Å². The highest BCUT2D eigenvalue weighted by Crippen LogP contribution is 2.20. The lowest BCUT2D eigenvalue weighted by Gasteiger charge is -2.30. The SMILES string of the molecule is CC(=O)Nc1cccc(NC(=O)CCc2c(C)nn(C3NC(=O)CC(C)N3)c2C)c1. The minimum atomic E-state index is -0.390. The lowest BCUT2D eigenvalue weighted by Crippen LogP contribution is -2.52. The molecule has 2 heterocycles. The second kappa shape index (κ2) is 9.08. The Bertz CT molecular complexity index is 968. The summed E-state index contributed by atoms with van der Waals surface area (Å²) in [6, 6.07) is 7.08. The van der Waals surface area contributed by atoms with Crippen LogP contribution in [0.2, 0.25) is 0 Å². The van der Waals surface area contributed by atoms with E-state index >= 15 is 0 Å². The molecule has 1 aliphatic heterocycles. The third-order valence-electron chi connectivity index (χ3n) is 5.02. The Morgan fingerprint density at radius 2 is 1.93 bits per heavy atom. The van der Waals surface area contributed by atoms with E-state index in [2.05, 4.69) is 26.4 Å². The van der Waals surface area contributed by atoms with Crippen molar-refractivity contribution in [2.24, 2.45) is 0 Å². The second-order valence-electron chi connectivity index (χ2n) is 7.65. The topological polar surface area (TPSA) is 117 Å². The molecule has 1 aromatic heterocycles. The molecule has 30 heavy (non-hydrogen) atoms. The molecule has 1 fully saturated rings. The lowest BCUT2D eigenvalue weighted by molar-refractivity contribution is -0.125. The molecule has 1 aromatic carbocycles. The average molecular weight is 412 g/mol. The van der Waals surface area contributed by atoms with Gasteiger partial charge in [0.05, 0.1) is 5.69 Å². The van der Waals surface area contributed by atoms with Gasteiger partial charge in [-0.1, -0.05) is 6.07 Å². The van der Waals surface area contributed by atoms with Crippen LogP contribution < -0.4 is 21.3 Å². The van der Waals surface area contributed by atoms with Gasteiger partial charge in [-0.15, -0.1) is 0 Å². The summed E-state index contributed by atoms with van der Waals surface area (Å²) >= 11 is 0. The molecule has 2 aromatic rings. The molecular formula is C21H28N6O3. The minimum absolute atomic E-state index is 0.0128. The fourth-order valence-electron chi connectivity index (χ4n) is 3.64. The molecule has 0 aliphatic carbocycles. The van der Waals surface area contributed by atoms with Gasteiger partial charge in [0.15, 0.2) is 6.29 Å². The van der Waals surface area contributed by atoms with Crippen LogP contribution in [0.15, 0.2) is 24.3 Å². The van der Waals surface area contributed by atoms with Gasteiger partial charge in [-0.05, 0) is 51.0 Å². The molecule has 0 spiro atoms. The van der Waals surface area contributed by atoms with Crippen LogP contribution in [-0.4, -0.2) is 33.5 Å². The van der Waals surface area contributed by atoms with Crippen molar-refractivity contribution in [3.8, 4) is 0 Å². The molecule has 3 amide bonds. The van der Waals surface area contributed by atoms with E-state index in [-0.39, 0.29) is 30.1 Å². The number of amides is 3. The molecular weight excluding hydrogens is 384 g/mol. The number of nitrogens with zero attached hydrogens (tertiary/aromatic N) is 2. The molecule has 1 saturated heterocycles. The van der Waals surface area contributed by atoms with Gasteiger partial charge in [-0.3, -0.25) is 19.7 Å². The largest absolute Gasteiger partial charge is 0.326 e. The minimum Gasteiger partial charge on any atom is -0.326 e. The first kappa shape index (κ1) is 21.5. The number of nitrogens with one attached hydrogen (secondary N) is 4. The molecule has 3 rings (SSSR count). The van der Waals surface area contributed by atoms with Crippen LogP contribution in [0.3, 0.4) is 0 Å². The van der Waals surface area contributed by atoms with Crippen molar-refractivity contribution in [3.63, 3.8) is 0 Å². The number of benzene rings is 1. The maximum atomic E-state index is 12.4. The molecule has 0 bridgehead atoms. The van der Waals surface area contributed by atoms with E-state index in [1.54, 1.807) is 28.9 Å². The summed E-state index contributed by atoms with van der Waals surface area (Å²) in [4.78, 5) is 35.5. The third-order valence-corrected chi connectivity index (χ3v) is 5.02. The zero-order valence-corrected chi connectivity index (χ0v) is 17.7. The van der Waals surface area contributed by atoms with Crippen LogP contribution in [-0.2, 0) is 20.8 Å². The van der Waals surface area contributed by atoms with Crippen LogP contribution in [0.4, 0.5) is 11.4 Å². The van der Waals surface area contributed by atoms with Gasteiger partial charge in [0.25, 0.3) is 0 Å². The van der Waals surface area contributed by atoms with Gasteiger partial charge in [0, 0.05) is 42.9 Å². The molecule has 4 N–H and O–H groups in total. The van der Waals surface area contributed by atoms with Gasteiger partial charge in [-0.25, -0.2) is 4.68 Å².